The second-order valence-electron chi connectivity index (χ2n) is 5.68. The van der Waals surface area contributed by atoms with Gasteiger partial charge in [0.25, 0.3) is 0 Å². The molecule has 0 radical (unpaired) electrons. The highest BCUT2D eigenvalue weighted by Crippen LogP contribution is 2.20. The van der Waals surface area contributed by atoms with E-state index in [2.05, 4.69) is 27.7 Å². The Bertz CT molecular complexity index is 243. The van der Waals surface area contributed by atoms with Crippen LogP contribution in [0.2, 0.25) is 0 Å². The number of carbonyl (C=O) groups is 1. The van der Waals surface area contributed by atoms with E-state index in [-0.39, 0.29) is 5.91 Å². The van der Waals surface area contributed by atoms with Gasteiger partial charge in [-0.3, -0.25) is 4.79 Å². The number of rotatable bonds is 8. The summed E-state index contributed by atoms with van der Waals surface area (Å²) in [5.41, 5.74) is 5.59. The van der Waals surface area contributed by atoms with Gasteiger partial charge in [0.15, 0.2) is 0 Å². The Morgan fingerprint density at radius 2 is 1.56 bits per heavy atom. The van der Waals surface area contributed by atoms with Crippen LogP contribution in [0.5, 0.6) is 0 Å². The van der Waals surface area contributed by atoms with Gasteiger partial charge in [0.1, 0.15) is 0 Å². The van der Waals surface area contributed by atoms with Crippen molar-refractivity contribution in [1.82, 2.24) is 4.90 Å². The molecule has 0 heterocycles. The first-order chi connectivity index (χ1) is 8.36. The molecule has 0 unspecified atom stereocenters. The summed E-state index contributed by atoms with van der Waals surface area (Å²) in [5.74, 6) is 0.613. The van der Waals surface area contributed by atoms with E-state index < -0.39 is 5.54 Å². The lowest BCUT2D eigenvalue weighted by Crippen LogP contribution is -2.57. The minimum absolute atomic E-state index is 0.134. The lowest BCUT2D eigenvalue weighted by Gasteiger charge is -2.38. The quantitative estimate of drug-likeness (QED) is 0.725. The molecule has 0 aromatic carbocycles. The lowest BCUT2D eigenvalue weighted by molar-refractivity contribution is -0.140. The van der Waals surface area contributed by atoms with Crippen molar-refractivity contribution in [3.8, 4) is 0 Å². The SMILES string of the molecule is CCC(CC)N(CC(C)C)C(=O)C(N)(CC)CC. The van der Waals surface area contributed by atoms with Crippen molar-refractivity contribution in [2.45, 2.75) is 78.8 Å². The average Bonchev–Trinajstić information content (AvgIpc) is 2.36. The van der Waals surface area contributed by atoms with Crippen LogP contribution in [-0.2, 0) is 4.79 Å². The Morgan fingerprint density at radius 3 is 1.83 bits per heavy atom. The van der Waals surface area contributed by atoms with Crippen LogP contribution in [0.1, 0.15) is 67.2 Å². The summed E-state index contributed by atoms with van der Waals surface area (Å²) < 4.78 is 0. The zero-order chi connectivity index (χ0) is 14.3. The van der Waals surface area contributed by atoms with Gasteiger partial charge >= 0.3 is 0 Å². The molecule has 0 aromatic heterocycles. The van der Waals surface area contributed by atoms with Crippen molar-refractivity contribution in [3.63, 3.8) is 0 Å². The Kier molecular flexibility index (Phi) is 7.53. The van der Waals surface area contributed by atoms with Crippen LogP contribution in [0, 0.1) is 5.92 Å². The normalized spacial score (nSPS) is 12.3. The predicted octanol–water partition coefficient (Wildman–Crippen LogP) is 3.18. The third-order valence-corrected chi connectivity index (χ3v) is 3.89. The van der Waals surface area contributed by atoms with E-state index in [1.807, 2.05) is 18.7 Å². The van der Waals surface area contributed by atoms with Gasteiger partial charge in [-0.1, -0.05) is 41.5 Å². The molecule has 0 aliphatic carbocycles. The highest BCUT2D eigenvalue weighted by molar-refractivity contribution is 5.86. The van der Waals surface area contributed by atoms with E-state index in [0.717, 1.165) is 19.4 Å². The molecule has 0 atom stereocenters. The Balaban J connectivity index is 5.11. The third-order valence-electron chi connectivity index (χ3n) is 3.89. The monoisotopic (exact) mass is 256 g/mol. The van der Waals surface area contributed by atoms with Crippen molar-refractivity contribution in [2.75, 3.05) is 6.54 Å². The number of carbonyl (C=O) groups excluding carboxylic acids is 1. The zero-order valence-electron chi connectivity index (χ0n) is 13.1. The van der Waals surface area contributed by atoms with E-state index in [0.29, 0.717) is 24.8 Å². The first kappa shape index (κ1) is 17.4. The fourth-order valence-corrected chi connectivity index (χ4v) is 2.36. The van der Waals surface area contributed by atoms with Crippen molar-refractivity contribution < 1.29 is 4.79 Å². The number of nitrogens with zero attached hydrogens (tertiary/aromatic N) is 1. The minimum atomic E-state index is -0.683. The molecule has 3 nitrogen and oxygen atoms in total. The van der Waals surface area contributed by atoms with Crippen molar-refractivity contribution in [2.24, 2.45) is 11.7 Å². The fourth-order valence-electron chi connectivity index (χ4n) is 2.36. The Labute approximate surface area is 113 Å². The first-order valence-electron chi connectivity index (χ1n) is 7.46. The summed E-state index contributed by atoms with van der Waals surface area (Å²) in [5, 5.41) is 0. The van der Waals surface area contributed by atoms with Crippen LogP contribution in [0.15, 0.2) is 0 Å². The van der Waals surface area contributed by atoms with Gasteiger partial charge in [-0.05, 0) is 31.6 Å². The molecule has 0 fully saturated rings. The zero-order valence-corrected chi connectivity index (χ0v) is 13.1. The lowest BCUT2D eigenvalue weighted by atomic mass is 9.90. The summed E-state index contributed by atoms with van der Waals surface area (Å²) in [4.78, 5) is 14.7. The summed E-state index contributed by atoms with van der Waals surface area (Å²) >= 11 is 0. The number of hydrogen-bond donors (Lipinski definition) is 1. The molecule has 0 aliphatic heterocycles. The maximum Gasteiger partial charge on any atom is 0.242 e. The molecule has 108 valence electrons. The smallest absolute Gasteiger partial charge is 0.242 e. The summed E-state index contributed by atoms with van der Waals surface area (Å²) in [7, 11) is 0. The molecule has 1 amide bonds. The molecule has 3 heteroatoms. The highest BCUT2D eigenvalue weighted by atomic mass is 16.2. The van der Waals surface area contributed by atoms with Crippen LogP contribution >= 0.6 is 0 Å². The van der Waals surface area contributed by atoms with Gasteiger partial charge in [-0.15, -0.1) is 0 Å². The maximum absolute atomic E-state index is 12.7. The second-order valence-corrected chi connectivity index (χ2v) is 5.68. The van der Waals surface area contributed by atoms with E-state index in [9.17, 15) is 4.79 Å². The number of hydrogen-bond acceptors (Lipinski definition) is 2. The van der Waals surface area contributed by atoms with Crippen molar-refractivity contribution in [1.29, 1.82) is 0 Å². The fraction of sp³-hybridized carbons (Fsp3) is 0.933. The average molecular weight is 256 g/mol. The van der Waals surface area contributed by atoms with Gasteiger partial charge in [-0.2, -0.15) is 0 Å². The molecule has 0 aliphatic rings. The highest BCUT2D eigenvalue weighted by Gasteiger charge is 2.36. The molecular formula is C15H32N2O. The van der Waals surface area contributed by atoms with Gasteiger partial charge in [0, 0.05) is 12.6 Å². The van der Waals surface area contributed by atoms with E-state index in [1.165, 1.54) is 0 Å². The Morgan fingerprint density at radius 1 is 1.11 bits per heavy atom. The minimum Gasteiger partial charge on any atom is -0.338 e. The summed E-state index contributed by atoms with van der Waals surface area (Å²) in [6.07, 6.45) is 3.41. The van der Waals surface area contributed by atoms with Crippen LogP contribution in [0.4, 0.5) is 0 Å². The number of nitrogens with two attached hydrogens (primary N) is 1. The standard InChI is InChI=1S/C15H32N2O/c1-7-13(8-2)17(11-12(5)6)14(18)15(16,9-3)10-4/h12-13H,7-11,16H2,1-6H3. The van der Waals surface area contributed by atoms with E-state index in [1.54, 1.807) is 0 Å². The van der Waals surface area contributed by atoms with Crippen LogP contribution < -0.4 is 5.73 Å². The molecule has 0 bridgehead atoms. The largest absolute Gasteiger partial charge is 0.338 e. The van der Waals surface area contributed by atoms with Crippen molar-refractivity contribution in [3.05, 3.63) is 0 Å². The predicted molar refractivity (Wildman–Crippen MR) is 78.4 cm³/mol. The van der Waals surface area contributed by atoms with Crippen LogP contribution in [-0.4, -0.2) is 28.9 Å². The van der Waals surface area contributed by atoms with Crippen LogP contribution in [0.3, 0.4) is 0 Å². The summed E-state index contributed by atoms with van der Waals surface area (Å²) in [6.45, 7) is 13.4. The van der Waals surface area contributed by atoms with Gasteiger partial charge in [0.2, 0.25) is 5.91 Å². The van der Waals surface area contributed by atoms with Gasteiger partial charge in [-0.25, -0.2) is 0 Å². The Hall–Kier alpha value is -0.570. The van der Waals surface area contributed by atoms with Gasteiger partial charge < -0.3 is 10.6 Å². The molecular weight excluding hydrogens is 224 g/mol. The molecule has 0 rings (SSSR count). The van der Waals surface area contributed by atoms with E-state index in [4.69, 9.17) is 5.73 Å². The molecule has 0 spiro atoms. The maximum atomic E-state index is 12.7. The molecule has 2 N–H and O–H groups in total. The first-order valence-corrected chi connectivity index (χ1v) is 7.46. The van der Waals surface area contributed by atoms with Crippen molar-refractivity contribution >= 4 is 5.91 Å². The third kappa shape index (κ3) is 4.27. The second kappa shape index (κ2) is 7.78. The summed E-state index contributed by atoms with van der Waals surface area (Å²) in [6, 6.07) is 0.320. The molecule has 0 aromatic rings. The molecule has 18 heavy (non-hydrogen) atoms. The topological polar surface area (TPSA) is 46.3 Å². The molecule has 0 saturated carbocycles. The van der Waals surface area contributed by atoms with Crippen LogP contribution in [0.25, 0.3) is 0 Å². The van der Waals surface area contributed by atoms with E-state index >= 15 is 0 Å². The van der Waals surface area contributed by atoms with Gasteiger partial charge in [0.05, 0.1) is 5.54 Å². The number of amides is 1. The molecule has 0 saturated heterocycles.